The van der Waals surface area contributed by atoms with Crippen molar-refractivity contribution in [3.63, 3.8) is 0 Å². The molecule has 0 spiro atoms. The van der Waals surface area contributed by atoms with Crippen molar-refractivity contribution >= 4 is 33.0 Å². The predicted molar refractivity (Wildman–Crippen MR) is 71.1 cm³/mol. The molecule has 1 nitrogen and oxygen atoms in total. The molecule has 1 heterocycles. The fourth-order valence-electron chi connectivity index (χ4n) is 1.60. The largest absolute Gasteiger partial charge is 0.294 e. The fourth-order valence-corrected chi connectivity index (χ4v) is 3.09. The molecule has 1 aromatic heterocycles. The molecule has 0 bridgehead atoms. The van der Waals surface area contributed by atoms with Crippen LogP contribution in [0.2, 0.25) is 0 Å². The van der Waals surface area contributed by atoms with E-state index in [2.05, 4.69) is 15.9 Å². The molecule has 0 N–H and O–H groups in total. The second-order valence-corrected chi connectivity index (χ2v) is 5.70. The van der Waals surface area contributed by atoms with Gasteiger partial charge in [0.2, 0.25) is 0 Å². The number of benzene rings is 1. The van der Waals surface area contributed by atoms with E-state index in [9.17, 15) is 13.6 Å². The van der Waals surface area contributed by atoms with Crippen LogP contribution in [-0.2, 0) is 6.42 Å². The van der Waals surface area contributed by atoms with Crippen LogP contribution in [0.25, 0.3) is 0 Å². The smallest absolute Gasteiger partial charge is 0.174 e. The Kier molecular flexibility index (Phi) is 3.92. The normalized spacial score (nSPS) is 10.7. The van der Waals surface area contributed by atoms with Crippen LogP contribution in [0.3, 0.4) is 0 Å². The number of Topliss-reactive ketones (excluding diaryl/α,β-unsaturated/α-hetero) is 1. The summed E-state index contributed by atoms with van der Waals surface area (Å²) in [4.78, 5) is 12.7. The molecular weight excluding hydrogens is 322 g/mol. The minimum absolute atomic E-state index is 0.00442. The number of thiophene rings is 1. The summed E-state index contributed by atoms with van der Waals surface area (Å²) in [6.45, 7) is 1.51. The van der Waals surface area contributed by atoms with Gasteiger partial charge in [-0.25, -0.2) is 8.78 Å². The van der Waals surface area contributed by atoms with Crippen molar-refractivity contribution < 1.29 is 13.6 Å². The number of ketones is 1. The van der Waals surface area contributed by atoms with E-state index in [1.165, 1.54) is 24.3 Å². The number of halogens is 3. The van der Waals surface area contributed by atoms with Gasteiger partial charge < -0.3 is 0 Å². The third kappa shape index (κ3) is 2.52. The SMILES string of the molecule is Cc1ccc(F)c(C(=O)Cc2sccc2Br)c1F. The van der Waals surface area contributed by atoms with Crippen molar-refractivity contribution in [3.8, 4) is 0 Å². The third-order valence-electron chi connectivity index (χ3n) is 2.58. The van der Waals surface area contributed by atoms with Crippen LogP contribution in [0, 0.1) is 18.6 Å². The maximum Gasteiger partial charge on any atom is 0.174 e. The molecule has 0 saturated heterocycles. The molecule has 2 aromatic rings. The van der Waals surface area contributed by atoms with Gasteiger partial charge in [-0.05, 0) is 45.9 Å². The number of carbonyl (C=O) groups excluding carboxylic acids is 1. The lowest BCUT2D eigenvalue weighted by atomic mass is 10.0. The number of carbonyl (C=O) groups is 1. The van der Waals surface area contributed by atoms with Crippen molar-refractivity contribution in [3.05, 3.63) is 55.7 Å². The Morgan fingerprint density at radius 2 is 2.06 bits per heavy atom. The quantitative estimate of drug-likeness (QED) is 0.756. The molecule has 0 saturated carbocycles. The highest BCUT2D eigenvalue weighted by Gasteiger charge is 2.20. The Morgan fingerprint density at radius 3 is 2.67 bits per heavy atom. The van der Waals surface area contributed by atoms with Gasteiger partial charge in [0.25, 0.3) is 0 Å². The zero-order chi connectivity index (χ0) is 13.3. The lowest BCUT2D eigenvalue weighted by Gasteiger charge is -2.06. The van der Waals surface area contributed by atoms with E-state index in [4.69, 9.17) is 0 Å². The maximum atomic E-state index is 13.8. The van der Waals surface area contributed by atoms with E-state index in [1.54, 1.807) is 6.07 Å². The van der Waals surface area contributed by atoms with Gasteiger partial charge in [-0.15, -0.1) is 11.3 Å². The topological polar surface area (TPSA) is 17.1 Å². The monoisotopic (exact) mass is 330 g/mol. The summed E-state index contributed by atoms with van der Waals surface area (Å²) >= 11 is 4.67. The summed E-state index contributed by atoms with van der Waals surface area (Å²) < 4.78 is 28.1. The second-order valence-electron chi connectivity index (χ2n) is 3.84. The van der Waals surface area contributed by atoms with E-state index in [0.717, 1.165) is 15.4 Å². The van der Waals surface area contributed by atoms with Gasteiger partial charge >= 0.3 is 0 Å². The molecule has 5 heteroatoms. The van der Waals surface area contributed by atoms with Crippen molar-refractivity contribution in [1.29, 1.82) is 0 Å². The maximum absolute atomic E-state index is 13.8. The molecule has 0 atom stereocenters. The first-order valence-electron chi connectivity index (χ1n) is 5.20. The first kappa shape index (κ1) is 13.4. The minimum atomic E-state index is -0.809. The average Bonchev–Trinajstić information content (AvgIpc) is 2.70. The van der Waals surface area contributed by atoms with Gasteiger partial charge in [0.15, 0.2) is 5.78 Å². The molecular formula is C13H9BrF2OS. The molecule has 1 aromatic carbocycles. The number of aryl methyl sites for hydroxylation is 1. The van der Waals surface area contributed by atoms with Crippen molar-refractivity contribution in [2.24, 2.45) is 0 Å². The first-order chi connectivity index (χ1) is 8.50. The Balaban J connectivity index is 2.35. The van der Waals surface area contributed by atoms with Crippen LogP contribution in [0.15, 0.2) is 28.1 Å². The summed E-state index contributed by atoms with van der Waals surface area (Å²) in [5.41, 5.74) is -0.180. The van der Waals surface area contributed by atoms with Crippen LogP contribution in [0.5, 0.6) is 0 Å². The van der Waals surface area contributed by atoms with Gasteiger partial charge in [0.1, 0.15) is 11.6 Å². The first-order valence-corrected chi connectivity index (χ1v) is 6.87. The van der Waals surface area contributed by atoms with Crippen LogP contribution in [0.4, 0.5) is 8.78 Å². The highest BCUT2D eigenvalue weighted by atomic mass is 79.9. The number of hydrogen-bond acceptors (Lipinski definition) is 2. The Hall–Kier alpha value is -1.07. The van der Waals surface area contributed by atoms with Crippen LogP contribution < -0.4 is 0 Å². The summed E-state index contributed by atoms with van der Waals surface area (Å²) in [6.07, 6.45) is -0.00442. The molecule has 94 valence electrons. The molecule has 0 unspecified atom stereocenters. The van der Waals surface area contributed by atoms with E-state index >= 15 is 0 Å². The highest BCUT2D eigenvalue weighted by Crippen LogP contribution is 2.25. The van der Waals surface area contributed by atoms with Gasteiger partial charge in [0.05, 0.1) is 5.56 Å². The Labute approximate surface area is 116 Å². The van der Waals surface area contributed by atoms with Crippen molar-refractivity contribution in [1.82, 2.24) is 0 Å². The molecule has 2 rings (SSSR count). The van der Waals surface area contributed by atoms with E-state index in [0.29, 0.717) is 0 Å². The second kappa shape index (κ2) is 5.28. The van der Waals surface area contributed by atoms with Crippen LogP contribution in [-0.4, -0.2) is 5.78 Å². The summed E-state index contributed by atoms with van der Waals surface area (Å²) in [5, 5.41) is 1.82. The molecule has 0 aliphatic carbocycles. The van der Waals surface area contributed by atoms with Gasteiger partial charge in [0, 0.05) is 15.8 Å². The van der Waals surface area contributed by atoms with Crippen LogP contribution in [0.1, 0.15) is 20.8 Å². The fraction of sp³-hybridized carbons (Fsp3) is 0.154. The Morgan fingerprint density at radius 1 is 1.33 bits per heavy atom. The van der Waals surface area contributed by atoms with Crippen LogP contribution >= 0.6 is 27.3 Å². The molecule has 0 fully saturated rings. The number of hydrogen-bond donors (Lipinski definition) is 0. The minimum Gasteiger partial charge on any atom is -0.294 e. The molecule has 0 aliphatic rings. The average molecular weight is 331 g/mol. The van der Waals surface area contributed by atoms with Crippen molar-refractivity contribution in [2.45, 2.75) is 13.3 Å². The standard InChI is InChI=1S/C13H9BrF2OS/c1-7-2-3-9(15)12(13(7)16)10(17)6-11-8(14)4-5-18-11/h2-5H,6H2,1H3. The Bertz CT molecular complexity index is 607. The van der Waals surface area contributed by atoms with Crippen molar-refractivity contribution in [2.75, 3.05) is 0 Å². The summed E-state index contributed by atoms with van der Waals surface area (Å²) in [6, 6.07) is 4.24. The predicted octanol–water partition coefficient (Wildman–Crippen LogP) is 4.52. The van der Waals surface area contributed by atoms with E-state index in [-0.39, 0.29) is 12.0 Å². The molecule has 0 amide bonds. The third-order valence-corrected chi connectivity index (χ3v) is 4.50. The molecule has 18 heavy (non-hydrogen) atoms. The lowest BCUT2D eigenvalue weighted by Crippen LogP contribution is -2.09. The summed E-state index contributed by atoms with van der Waals surface area (Å²) in [5.74, 6) is -2.12. The highest BCUT2D eigenvalue weighted by molar-refractivity contribution is 9.10. The van der Waals surface area contributed by atoms with E-state index in [1.807, 2.05) is 5.38 Å². The lowest BCUT2D eigenvalue weighted by molar-refractivity contribution is 0.0985. The molecule has 0 aliphatic heterocycles. The molecule has 0 radical (unpaired) electrons. The summed E-state index contributed by atoms with van der Waals surface area (Å²) in [7, 11) is 0. The van der Waals surface area contributed by atoms with E-state index < -0.39 is 23.0 Å². The zero-order valence-electron chi connectivity index (χ0n) is 9.47. The van der Waals surface area contributed by atoms with Gasteiger partial charge in [-0.2, -0.15) is 0 Å². The number of rotatable bonds is 3. The van der Waals surface area contributed by atoms with Gasteiger partial charge in [-0.3, -0.25) is 4.79 Å². The zero-order valence-corrected chi connectivity index (χ0v) is 11.9. The van der Waals surface area contributed by atoms with Gasteiger partial charge in [-0.1, -0.05) is 6.07 Å².